The molecule has 0 atom stereocenters. The van der Waals surface area contributed by atoms with Gasteiger partial charge in [0.15, 0.2) is 0 Å². The Morgan fingerprint density at radius 1 is 0.312 bits per heavy atom. The maximum absolute atomic E-state index is 2.42. The van der Waals surface area contributed by atoms with E-state index in [0.717, 1.165) is 96.7 Å². The van der Waals surface area contributed by atoms with E-state index in [1.54, 1.807) is 0 Å². The molecule has 328 valence electrons. The molecule has 0 unspecified atom stereocenters. The number of fused-ring (bicyclic) bond motifs is 3. The maximum Gasteiger partial charge on any atom is 0.0542 e. The number of aromatic nitrogens is 1. The molecule has 0 fully saturated rings. The third-order valence-corrected chi connectivity index (χ3v) is 13.0. The number of anilines is 10. The minimum Gasteiger partial charge on any atom is -0.375 e. The van der Waals surface area contributed by atoms with Gasteiger partial charge in [0.25, 0.3) is 0 Å². The predicted octanol–water partition coefficient (Wildman–Crippen LogP) is 14.7. The molecule has 8 rings (SSSR count). The van der Waals surface area contributed by atoms with Crippen LogP contribution in [-0.4, -0.2) is 57.4 Å². The number of para-hydroxylation sites is 1. The van der Waals surface area contributed by atoms with Crippen molar-refractivity contribution in [2.24, 2.45) is 0 Å². The second-order valence-electron chi connectivity index (χ2n) is 16.3. The van der Waals surface area contributed by atoms with Crippen molar-refractivity contribution in [2.45, 2.75) is 48.5 Å². The quantitative estimate of drug-likeness (QED) is 0.0853. The van der Waals surface area contributed by atoms with E-state index in [2.05, 4.69) is 253 Å². The molecule has 0 N–H and O–H groups in total. The van der Waals surface area contributed by atoms with E-state index < -0.39 is 0 Å². The summed E-state index contributed by atoms with van der Waals surface area (Å²) in [6, 6.07) is 60.9. The summed E-state index contributed by atoms with van der Waals surface area (Å²) >= 11 is 0. The van der Waals surface area contributed by atoms with Gasteiger partial charge in [-0.15, -0.1) is 0 Å². The van der Waals surface area contributed by atoms with E-state index in [9.17, 15) is 0 Å². The minimum atomic E-state index is 0.945. The molecule has 1 heterocycles. The van der Waals surface area contributed by atoms with Crippen molar-refractivity contribution in [3.05, 3.63) is 164 Å². The molecule has 8 aromatic rings. The van der Waals surface area contributed by atoms with Gasteiger partial charge in [0.1, 0.15) is 0 Å². The van der Waals surface area contributed by atoms with Crippen LogP contribution >= 0.6 is 0 Å². The highest BCUT2D eigenvalue weighted by Crippen LogP contribution is 2.44. The van der Waals surface area contributed by atoms with Crippen molar-refractivity contribution in [2.75, 3.05) is 82.3 Å². The van der Waals surface area contributed by atoms with Crippen molar-refractivity contribution >= 4 is 78.7 Å². The average Bonchev–Trinajstić information content (AvgIpc) is 3.67. The molecular formula is C57H65N7. The van der Waals surface area contributed by atoms with Crippen LogP contribution in [0.3, 0.4) is 0 Å². The van der Waals surface area contributed by atoms with Gasteiger partial charge >= 0.3 is 0 Å². The fourth-order valence-corrected chi connectivity index (χ4v) is 9.27. The Balaban J connectivity index is 1.33. The third-order valence-electron chi connectivity index (χ3n) is 13.0. The predicted molar refractivity (Wildman–Crippen MR) is 280 cm³/mol. The van der Waals surface area contributed by atoms with Gasteiger partial charge in [0.05, 0.1) is 11.0 Å². The molecule has 7 aromatic carbocycles. The SMILES string of the molecule is CCN(C)c1ccc(N(c2ccc(N(CC)CC)cc2)c2ccc3c(c2)c2cc(N(c4ccc(N(CC)CC)cc4)c4ccc(N(CC)CC)cc4)ccc2n3-c2ccccc2)cc1. The minimum absolute atomic E-state index is 0.945. The number of hydrogen-bond acceptors (Lipinski definition) is 6. The molecule has 0 radical (unpaired) electrons. The van der Waals surface area contributed by atoms with Crippen LogP contribution in [0.5, 0.6) is 0 Å². The van der Waals surface area contributed by atoms with Crippen LogP contribution in [0.15, 0.2) is 164 Å². The lowest BCUT2D eigenvalue weighted by atomic mass is 10.1. The second-order valence-corrected chi connectivity index (χ2v) is 16.3. The third kappa shape index (κ3) is 8.59. The highest BCUT2D eigenvalue weighted by molar-refractivity contribution is 6.12. The Hall–Kier alpha value is -6.86. The number of rotatable bonds is 18. The first-order chi connectivity index (χ1) is 31.3. The van der Waals surface area contributed by atoms with Gasteiger partial charge in [-0.25, -0.2) is 0 Å². The maximum atomic E-state index is 2.42. The van der Waals surface area contributed by atoms with E-state index >= 15 is 0 Å². The molecule has 7 nitrogen and oxygen atoms in total. The van der Waals surface area contributed by atoms with Crippen molar-refractivity contribution in [1.82, 2.24) is 4.57 Å². The summed E-state index contributed by atoms with van der Waals surface area (Å²) in [4.78, 5) is 14.3. The highest BCUT2D eigenvalue weighted by atomic mass is 15.2. The largest absolute Gasteiger partial charge is 0.375 e. The second kappa shape index (κ2) is 19.7. The van der Waals surface area contributed by atoms with Crippen LogP contribution in [-0.2, 0) is 0 Å². The summed E-state index contributed by atoms with van der Waals surface area (Å²) in [5, 5.41) is 2.39. The van der Waals surface area contributed by atoms with Crippen molar-refractivity contribution in [3.8, 4) is 5.69 Å². The first kappa shape index (κ1) is 43.8. The van der Waals surface area contributed by atoms with E-state index in [4.69, 9.17) is 0 Å². The van der Waals surface area contributed by atoms with E-state index in [1.165, 1.54) is 33.5 Å². The molecule has 0 aliphatic heterocycles. The molecule has 0 aliphatic rings. The van der Waals surface area contributed by atoms with Gasteiger partial charge in [-0.2, -0.15) is 0 Å². The summed E-state index contributed by atoms with van der Waals surface area (Å²) < 4.78 is 2.42. The van der Waals surface area contributed by atoms with Gasteiger partial charge < -0.3 is 34.0 Å². The number of nitrogens with zero attached hydrogens (tertiary/aromatic N) is 7. The zero-order valence-electron chi connectivity index (χ0n) is 39.2. The standard InChI is InChI=1S/C57H65N7/c1-9-58(8)43-21-29-48(30-22-43)62(49-31-23-44(24-32-49)59(10-2)11-3)52-37-39-56-54(41-52)55-42-53(38-40-57(55)64(56)47-19-17-16-18-20-47)63(50-33-25-45(26-34-50)60(12-4)13-5)51-35-27-46(28-36-51)61(14-6)15-7/h16-42H,9-15H2,1-8H3. The zero-order chi connectivity index (χ0) is 44.7. The molecule has 0 aliphatic carbocycles. The molecular weight excluding hydrogens is 783 g/mol. The van der Waals surface area contributed by atoms with E-state index in [1.807, 2.05) is 0 Å². The fourth-order valence-electron chi connectivity index (χ4n) is 9.27. The van der Waals surface area contributed by atoms with Crippen LogP contribution in [0.25, 0.3) is 27.5 Å². The molecule has 0 saturated carbocycles. The average molecular weight is 848 g/mol. The lowest BCUT2D eigenvalue weighted by Crippen LogP contribution is -2.22. The van der Waals surface area contributed by atoms with Crippen molar-refractivity contribution < 1.29 is 0 Å². The Bertz CT molecular complexity index is 2670. The molecule has 64 heavy (non-hydrogen) atoms. The fraction of sp³-hybridized carbons (Fsp3) is 0.263. The van der Waals surface area contributed by atoms with Crippen molar-refractivity contribution in [3.63, 3.8) is 0 Å². The highest BCUT2D eigenvalue weighted by Gasteiger charge is 2.21. The lowest BCUT2D eigenvalue weighted by Gasteiger charge is -2.28. The van der Waals surface area contributed by atoms with Crippen LogP contribution in [0, 0.1) is 0 Å². The summed E-state index contributed by atoms with van der Waals surface area (Å²) in [5.41, 5.74) is 15.1. The van der Waals surface area contributed by atoms with Crippen LogP contribution in [0.1, 0.15) is 48.5 Å². The molecule has 0 amide bonds. The summed E-state index contributed by atoms with van der Waals surface area (Å²) in [7, 11) is 2.15. The van der Waals surface area contributed by atoms with Gasteiger partial charge in [-0.05, 0) is 194 Å². The van der Waals surface area contributed by atoms with Crippen LogP contribution in [0.2, 0.25) is 0 Å². The molecule has 0 bridgehead atoms. The number of hydrogen-bond donors (Lipinski definition) is 0. The van der Waals surface area contributed by atoms with Gasteiger partial charge in [-0.3, -0.25) is 0 Å². The molecule has 7 heteroatoms. The first-order valence-corrected chi connectivity index (χ1v) is 23.4. The Morgan fingerprint density at radius 2 is 0.609 bits per heavy atom. The molecule has 0 spiro atoms. The number of benzene rings is 7. The Morgan fingerprint density at radius 3 is 0.922 bits per heavy atom. The van der Waals surface area contributed by atoms with E-state index in [0.29, 0.717) is 0 Å². The first-order valence-electron chi connectivity index (χ1n) is 23.4. The molecule has 1 aromatic heterocycles. The smallest absolute Gasteiger partial charge is 0.0542 e. The summed E-state index contributed by atoms with van der Waals surface area (Å²) in [5.74, 6) is 0. The van der Waals surface area contributed by atoms with E-state index in [-0.39, 0.29) is 0 Å². The topological polar surface area (TPSA) is 24.4 Å². The summed E-state index contributed by atoms with van der Waals surface area (Å²) in [6.45, 7) is 22.3. The Labute approximate surface area is 382 Å². The lowest BCUT2D eigenvalue weighted by molar-refractivity contribution is 0.866. The Kier molecular flexibility index (Phi) is 13.5. The molecule has 0 saturated heterocycles. The normalized spacial score (nSPS) is 11.2. The van der Waals surface area contributed by atoms with Crippen LogP contribution < -0.4 is 29.4 Å². The van der Waals surface area contributed by atoms with Gasteiger partial charge in [0, 0.05) is 126 Å². The van der Waals surface area contributed by atoms with Crippen LogP contribution in [0.4, 0.5) is 56.9 Å². The zero-order valence-corrected chi connectivity index (χ0v) is 39.2. The monoisotopic (exact) mass is 848 g/mol. The van der Waals surface area contributed by atoms with Gasteiger partial charge in [0.2, 0.25) is 0 Å². The van der Waals surface area contributed by atoms with Gasteiger partial charge in [-0.1, -0.05) is 18.2 Å². The summed E-state index contributed by atoms with van der Waals surface area (Å²) in [6.07, 6.45) is 0. The van der Waals surface area contributed by atoms with Crippen molar-refractivity contribution in [1.29, 1.82) is 0 Å².